The van der Waals surface area contributed by atoms with E-state index in [-0.39, 0.29) is 0 Å². The molecule has 0 aliphatic carbocycles. The molecular formula is C22H25N3O. The predicted molar refractivity (Wildman–Crippen MR) is 104 cm³/mol. The van der Waals surface area contributed by atoms with Crippen LogP contribution in [0.1, 0.15) is 30.0 Å². The van der Waals surface area contributed by atoms with E-state index in [1.807, 2.05) is 42.7 Å². The highest BCUT2D eigenvalue weighted by atomic mass is 16.5. The molecule has 0 saturated carbocycles. The summed E-state index contributed by atoms with van der Waals surface area (Å²) < 4.78 is 5.85. The van der Waals surface area contributed by atoms with Crippen molar-refractivity contribution < 1.29 is 4.74 Å². The summed E-state index contributed by atoms with van der Waals surface area (Å²) in [6, 6.07) is 16.4. The summed E-state index contributed by atoms with van der Waals surface area (Å²) in [6.07, 6.45) is 8.46. The molecule has 2 aromatic heterocycles. The van der Waals surface area contributed by atoms with E-state index in [2.05, 4.69) is 40.0 Å². The van der Waals surface area contributed by atoms with Crippen LogP contribution in [0, 0.1) is 0 Å². The first kappa shape index (κ1) is 18.1. The van der Waals surface area contributed by atoms with E-state index < -0.39 is 0 Å². The lowest BCUT2D eigenvalue weighted by Crippen LogP contribution is -2.23. The second-order valence-corrected chi connectivity index (χ2v) is 6.36. The van der Waals surface area contributed by atoms with Crippen molar-refractivity contribution in [2.24, 2.45) is 0 Å². The van der Waals surface area contributed by atoms with Crippen LogP contribution in [-0.4, -0.2) is 21.4 Å². The van der Waals surface area contributed by atoms with Crippen LogP contribution in [0.4, 0.5) is 0 Å². The molecular weight excluding hydrogens is 322 g/mol. The smallest absolute Gasteiger partial charge is 0.119 e. The van der Waals surface area contributed by atoms with Crippen molar-refractivity contribution in [2.45, 2.75) is 33.0 Å². The van der Waals surface area contributed by atoms with Crippen molar-refractivity contribution in [3.8, 4) is 5.75 Å². The number of nitrogens with zero attached hydrogens (tertiary/aromatic N) is 3. The lowest BCUT2D eigenvalue weighted by molar-refractivity contribution is 0.256. The molecule has 3 aromatic rings. The van der Waals surface area contributed by atoms with Gasteiger partial charge in [0.05, 0.1) is 0 Å². The highest BCUT2D eigenvalue weighted by Crippen LogP contribution is 2.16. The van der Waals surface area contributed by atoms with Crippen molar-refractivity contribution in [2.75, 3.05) is 6.54 Å². The van der Waals surface area contributed by atoms with Crippen LogP contribution < -0.4 is 4.74 Å². The van der Waals surface area contributed by atoms with Gasteiger partial charge in [-0.3, -0.25) is 14.9 Å². The van der Waals surface area contributed by atoms with Gasteiger partial charge in [-0.2, -0.15) is 0 Å². The Kier molecular flexibility index (Phi) is 6.73. The zero-order valence-corrected chi connectivity index (χ0v) is 15.2. The highest BCUT2D eigenvalue weighted by molar-refractivity contribution is 5.27. The molecule has 1 aromatic carbocycles. The molecule has 0 aliphatic rings. The Bertz CT molecular complexity index is 760. The largest absolute Gasteiger partial charge is 0.489 e. The van der Waals surface area contributed by atoms with Gasteiger partial charge in [0.1, 0.15) is 12.4 Å². The highest BCUT2D eigenvalue weighted by Gasteiger charge is 2.07. The third kappa shape index (κ3) is 5.67. The minimum atomic E-state index is 0.560. The fourth-order valence-corrected chi connectivity index (χ4v) is 2.88. The SMILES string of the molecule is CCCN(Cc1ccc(OCc2ccncc2)cc1)Cc1cccnc1. The zero-order chi connectivity index (χ0) is 18.0. The van der Waals surface area contributed by atoms with Gasteiger partial charge >= 0.3 is 0 Å². The van der Waals surface area contributed by atoms with Crippen LogP contribution in [-0.2, 0) is 19.7 Å². The molecule has 0 spiro atoms. The Labute approximate surface area is 155 Å². The van der Waals surface area contributed by atoms with E-state index >= 15 is 0 Å². The standard InChI is InChI=1S/C22H25N3O/c1-2-14-25(17-21-4-3-11-24-15-21)16-19-5-7-22(8-6-19)26-18-20-9-12-23-13-10-20/h3-13,15H,2,14,16-18H2,1H3. The zero-order valence-electron chi connectivity index (χ0n) is 15.2. The van der Waals surface area contributed by atoms with Crippen molar-refractivity contribution in [3.63, 3.8) is 0 Å². The molecule has 134 valence electrons. The number of pyridine rings is 2. The quantitative estimate of drug-likeness (QED) is 0.572. The van der Waals surface area contributed by atoms with E-state index in [0.717, 1.165) is 37.4 Å². The van der Waals surface area contributed by atoms with Crippen LogP contribution in [0.15, 0.2) is 73.3 Å². The third-order valence-electron chi connectivity index (χ3n) is 4.15. The van der Waals surface area contributed by atoms with E-state index in [1.54, 1.807) is 12.4 Å². The topological polar surface area (TPSA) is 38.2 Å². The third-order valence-corrected chi connectivity index (χ3v) is 4.15. The fraction of sp³-hybridized carbons (Fsp3) is 0.273. The summed E-state index contributed by atoms with van der Waals surface area (Å²) in [4.78, 5) is 10.7. The van der Waals surface area contributed by atoms with E-state index in [0.29, 0.717) is 6.61 Å². The molecule has 0 aliphatic heterocycles. The van der Waals surface area contributed by atoms with Crippen molar-refractivity contribution in [1.29, 1.82) is 0 Å². The summed E-state index contributed by atoms with van der Waals surface area (Å²) in [7, 11) is 0. The van der Waals surface area contributed by atoms with Crippen molar-refractivity contribution >= 4 is 0 Å². The molecule has 4 nitrogen and oxygen atoms in total. The van der Waals surface area contributed by atoms with Gasteiger partial charge in [-0.15, -0.1) is 0 Å². The van der Waals surface area contributed by atoms with Gasteiger partial charge in [0, 0.05) is 37.9 Å². The maximum Gasteiger partial charge on any atom is 0.119 e. The molecule has 26 heavy (non-hydrogen) atoms. The monoisotopic (exact) mass is 347 g/mol. The second-order valence-electron chi connectivity index (χ2n) is 6.36. The summed E-state index contributed by atoms with van der Waals surface area (Å²) in [5, 5.41) is 0. The van der Waals surface area contributed by atoms with Gasteiger partial charge in [-0.25, -0.2) is 0 Å². The van der Waals surface area contributed by atoms with Gasteiger partial charge in [-0.1, -0.05) is 25.1 Å². The molecule has 0 radical (unpaired) electrons. The van der Waals surface area contributed by atoms with E-state index in [1.165, 1.54) is 11.1 Å². The molecule has 0 N–H and O–H groups in total. The Hall–Kier alpha value is -2.72. The minimum Gasteiger partial charge on any atom is -0.489 e. The molecule has 0 atom stereocenters. The Morgan fingerprint density at radius 2 is 1.58 bits per heavy atom. The van der Waals surface area contributed by atoms with Gasteiger partial charge in [0.15, 0.2) is 0 Å². The lowest BCUT2D eigenvalue weighted by atomic mass is 10.2. The van der Waals surface area contributed by atoms with Gasteiger partial charge in [-0.05, 0) is 60.0 Å². The minimum absolute atomic E-state index is 0.560. The molecule has 0 saturated heterocycles. The average molecular weight is 347 g/mol. The Balaban J connectivity index is 1.56. The summed E-state index contributed by atoms with van der Waals surface area (Å²) >= 11 is 0. The van der Waals surface area contributed by atoms with Crippen molar-refractivity contribution in [1.82, 2.24) is 14.9 Å². The maximum absolute atomic E-state index is 5.85. The van der Waals surface area contributed by atoms with Gasteiger partial charge in [0.25, 0.3) is 0 Å². The number of hydrogen-bond donors (Lipinski definition) is 0. The molecule has 3 rings (SSSR count). The number of aromatic nitrogens is 2. The van der Waals surface area contributed by atoms with Gasteiger partial charge in [0.2, 0.25) is 0 Å². The number of benzene rings is 1. The number of hydrogen-bond acceptors (Lipinski definition) is 4. The lowest BCUT2D eigenvalue weighted by Gasteiger charge is -2.22. The molecule has 0 amide bonds. The molecule has 0 bridgehead atoms. The van der Waals surface area contributed by atoms with Crippen LogP contribution in [0.3, 0.4) is 0 Å². The average Bonchev–Trinajstić information content (AvgIpc) is 2.69. The summed E-state index contributed by atoms with van der Waals surface area (Å²) in [6.45, 7) is 5.68. The normalized spacial score (nSPS) is 10.8. The first-order valence-corrected chi connectivity index (χ1v) is 9.05. The maximum atomic E-state index is 5.85. The predicted octanol–water partition coefficient (Wildman–Crippen LogP) is 4.47. The molecule has 2 heterocycles. The number of rotatable bonds is 9. The van der Waals surface area contributed by atoms with Crippen LogP contribution >= 0.6 is 0 Å². The van der Waals surface area contributed by atoms with Crippen molar-refractivity contribution in [3.05, 3.63) is 90.0 Å². The Morgan fingerprint density at radius 3 is 2.27 bits per heavy atom. The van der Waals surface area contributed by atoms with Crippen LogP contribution in [0.5, 0.6) is 5.75 Å². The molecule has 4 heteroatoms. The summed E-state index contributed by atoms with van der Waals surface area (Å²) in [5.41, 5.74) is 3.66. The Morgan fingerprint density at radius 1 is 0.808 bits per heavy atom. The first-order valence-electron chi connectivity index (χ1n) is 9.05. The van der Waals surface area contributed by atoms with Crippen LogP contribution in [0.2, 0.25) is 0 Å². The van der Waals surface area contributed by atoms with Gasteiger partial charge < -0.3 is 4.74 Å². The second kappa shape index (κ2) is 9.68. The molecule has 0 unspecified atom stereocenters. The first-order chi connectivity index (χ1) is 12.8. The van der Waals surface area contributed by atoms with Crippen LogP contribution in [0.25, 0.3) is 0 Å². The van der Waals surface area contributed by atoms with E-state index in [9.17, 15) is 0 Å². The number of ether oxygens (including phenoxy) is 1. The summed E-state index contributed by atoms with van der Waals surface area (Å²) in [5.74, 6) is 0.889. The molecule has 0 fully saturated rings. The fourth-order valence-electron chi connectivity index (χ4n) is 2.88. The van der Waals surface area contributed by atoms with E-state index in [4.69, 9.17) is 4.74 Å².